The van der Waals surface area contributed by atoms with Crippen molar-refractivity contribution < 1.29 is 9.53 Å². The molecule has 2 heteroatoms. The third-order valence-electron chi connectivity index (χ3n) is 5.68. The zero-order valence-corrected chi connectivity index (χ0v) is 14.5. The third kappa shape index (κ3) is 3.91. The first-order valence-electron chi connectivity index (χ1n) is 8.64. The lowest BCUT2D eigenvalue weighted by atomic mass is 9.57. The van der Waals surface area contributed by atoms with Gasteiger partial charge in [0.05, 0.1) is 6.61 Å². The van der Waals surface area contributed by atoms with Crippen LogP contribution in [0.2, 0.25) is 0 Å². The van der Waals surface area contributed by atoms with Gasteiger partial charge in [0.2, 0.25) is 0 Å². The molecular formula is C20H30O2. The van der Waals surface area contributed by atoms with E-state index in [1.165, 1.54) is 43.8 Å². The van der Waals surface area contributed by atoms with Gasteiger partial charge in [-0.15, -0.1) is 0 Å². The van der Waals surface area contributed by atoms with Crippen molar-refractivity contribution in [1.29, 1.82) is 0 Å². The number of hydrogen-bond donors (Lipinski definition) is 0. The molecule has 0 saturated heterocycles. The lowest BCUT2D eigenvalue weighted by molar-refractivity contribution is -0.137. The van der Waals surface area contributed by atoms with E-state index in [0.717, 1.165) is 5.92 Å². The lowest BCUT2D eigenvalue weighted by Gasteiger charge is -2.48. The van der Waals surface area contributed by atoms with Crippen molar-refractivity contribution >= 4 is 5.97 Å². The Balaban J connectivity index is 2.00. The minimum Gasteiger partial charge on any atom is -0.463 e. The molecule has 0 unspecified atom stereocenters. The molecule has 0 aromatic heterocycles. The van der Waals surface area contributed by atoms with Gasteiger partial charge in [-0.05, 0) is 70.1 Å². The number of rotatable bonds is 4. The van der Waals surface area contributed by atoms with Gasteiger partial charge in [0.25, 0.3) is 0 Å². The molecule has 0 radical (unpaired) electrons. The van der Waals surface area contributed by atoms with E-state index >= 15 is 0 Å². The number of fused-ring (bicyclic) bond motifs is 1. The Bertz CT molecular complexity index is 498. The summed E-state index contributed by atoms with van der Waals surface area (Å²) in [6.45, 7) is 9.24. The Morgan fingerprint density at radius 3 is 2.95 bits per heavy atom. The zero-order valence-electron chi connectivity index (χ0n) is 14.5. The number of allylic oxidation sites excluding steroid dienone is 5. The molecular weight excluding hydrogens is 272 g/mol. The van der Waals surface area contributed by atoms with Crippen LogP contribution < -0.4 is 0 Å². The van der Waals surface area contributed by atoms with Crippen LogP contribution in [0.25, 0.3) is 0 Å². The monoisotopic (exact) mass is 302 g/mol. The molecule has 1 saturated carbocycles. The minimum absolute atomic E-state index is 0.256. The summed E-state index contributed by atoms with van der Waals surface area (Å²) in [7, 11) is 0. The second-order valence-electron chi connectivity index (χ2n) is 7.19. The highest BCUT2D eigenvalue weighted by Crippen LogP contribution is 2.53. The fourth-order valence-corrected chi connectivity index (χ4v) is 4.19. The average molecular weight is 302 g/mol. The fraction of sp³-hybridized carbons (Fsp3) is 0.650. The van der Waals surface area contributed by atoms with Gasteiger partial charge in [0.15, 0.2) is 0 Å². The molecule has 2 nitrogen and oxygen atoms in total. The largest absolute Gasteiger partial charge is 0.463 e. The molecule has 0 aromatic carbocycles. The Morgan fingerprint density at radius 2 is 2.23 bits per heavy atom. The van der Waals surface area contributed by atoms with Crippen molar-refractivity contribution in [2.45, 2.75) is 59.8 Å². The molecule has 2 rings (SSSR count). The molecule has 0 aromatic rings. The van der Waals surface area contributed by atoms with E-state index in [-0.39, 0.29) is 5.97 Å². The number of ether oxygens (including phenoxy) is 1. The molecule has 2 aliphatic rings. The quantitative estimate of drug-likeness (QED) is 0.308. The van der Waals surface area contributed by atoms with Crippen molar-refractivity contribution in [3.05, 3.63) is 35.5 Å². The number of carbonyl (C=O) groups is 1. The second-order valence-corrected chi connectivity index (χ2v) is 7.19. The van der Waals surface area contributed by atoms with Crippen molar-refractivity contribution in [3.8, 4) is 0 Å². The second kappa shape index (κ2) is 7.30. The van der Waals surface area contributed by atoms with Crippen molar-refractivity contribution in [2.75, 3.05) is 6.61 Å². The summed E-state index contributed by atoms with van der Waals surface area (Å²) >= 11 is 0. The SMILES string of the molecule is CCOC(=O)/C=C/C=C(\C)[C@H]1CC[C@]2(C)CCC=C(C)[C@H]2C1. The summed E-state index contributed by atoms with van der Waals surface area (Å²) < 4.78 is 4.90. The summed E-state index contributed by atoms with van der Waals surface area (Å²) in [5.74, 6) is 1.12. The summed E-state index contributed by atoms with van der Waals surface area (Å²) in [4.78, 5) is 11.3. The molecule has 122 valence electrons. The summed E-state index contributed by atoms with van der Waals surface area (Å²) in [5.41, 5.74) is 3.49. The van der Waals surface area contributed by atoms with E-state index in [1.54, 1.807) is 5.57 Å². The summed E-state index contributed by atoms with van der Waals surface area (Å²) in [5, 5.41) is 0. The van der Waals surface area contributed by atoms with Crippen LogP contribution in [0.4, 0.5) is 0 Å². The van der Waals surface area contributed by atoms with E-state index in [1.807, 2.05) is 13.0 Å². The van der Waals surface area contributed by atoms with Gasteiger partial charge < -0.3 is 4.74 Å². The normalized spacial score (nSPS) is 32.5. The average Bonchev–Trinajstić information content (AvgIpc) is 2.47. The maximum Gasteiger partial charge on any atom is 0.330 e. The van der Waals surface area contributed by atoms with Gasteiger partial charge in [-0.1, -0.05) is 36.3 Å². The smallest absolute Gasteiger partial charge is 0.330 e. The van der Waals surface area contributed by atoms with Gasteiger partial charge in [-0.25, -0.2) is 4.79 Å². The highest BCUT2D eigenvalue weighted by molar-refractivity contribution is 5.82. The topological polar surface area (TPSA) is 26.3 Å². The van der Waals surface area contributed by atoms with Crippen LogP contribution in [0.5, 0.6) is 0 Å². The zero-order chi connectivity index (χ0) is 16.2. The van der Waals surface area contributed by atoms with Crippen LogP contribution >= 0.6 is 0 Å². The van der Waals surface area contributed by atoms with Crippen LogP contribution in [-0.2, 0) is 9.53 Å². The van der Waals surface area contributed by atoms with E-state index in [2.05, 4.69) is 32.9 Å². The van der Waals surface area contributed by atoms with E-state index in [4.69, 9.17) is 4.74 Å². The molecule has 0 N–H and O–H groups in total. The number of carbonyl (C=O) groups excluding carboxylic acids is 1. The van der Waals surface area contributed by atoms with Gasteiger partial charge in [-0.2, -0.15) is 0 Å². The molecule has 0 heterocycles. The Hall–Kier alpha value is -1.31. The molecule has 0 bridgehead atoms. The summed E-state index contributed by atoms with van der Waals surface area (Å²) in [6.07, 6.45) is 14.3. The maximum absolute atomic E-state index is 11.3. The van der Waals surface area contributed by atoms with Crippen LogP contribution in [0, 0.1) is 17.3 Å². The molecule has 0 spiro atoms. The first kappa shape index (κ1) is 17.1. The predicted molar refractivity (Wildman–Crippen MR) is 91.5 cm³/mol. The highest BCUT2D eigenvalue weighted by Gasteiger charge is 2.41. The van der Waals surface area contributed by atoms with E-state index in [9.17, 15) is 4.79 Å². The first-order valence-corrected chi connectivity index (χ1v) is 8.64. The van der Waals surface area contributed by atoms with Crippen LogP contribution in [0.3, 0.4) is 0 Å². The molecule has 22 heavy (non-hydrogen) atoms. The minimum atomic E-state index is -0.256. The number of hydrogen-bond acceptors (Lipinski definition) is 2. The maximum atomic E-state index is 11.3. The van der Waals surface area contributed by atoms with Gasteiger partial charge in [0, 0.05) is 6.08 Å². The van der Waals surface area contributed by atoms with E-state index in [0.29, 0.717) is 17.9 Å². The highest BCUT2D eigenvalue weighted by atomic mass is 16.5. The Morgan fingerprint density at radius 1 is 1.45 bits per heavy atom. The van der Waals surface area contributed by atoms with Crippen LogP contribution in [0.1, 0.15) is 59.8 Å². The van der Waals surface area contributed by atoms with Crippen LogP contribution in [-0.4, -0.2) is 12.6 Å². The number of esters is 1. The molecule has 3 atom stereocenters. The Labute approximate surface area is 135 Å². The standard InChI is InChI=1S/C20H30O2/c1-5-22-19(21)10-6-8-15(2)17-11-13-20(4)12-7-9-16(3)18(20)14-17/h6,8-10,17-18H,5,7,11-14H2,1-4H3/b10-6+,15-8+/t17-,18+,20-/m0/s1. The van der Waals surface area contributed by atoms with Gasteiger partial charge in [0.1, 0.15) is 0 Å². The fourth-order valence-electron chi connectivity index (χ4n) is 4.19. The predicted octanol–water partition coefficient (Wildman–Crippen LogP) is 5.21. The van der Waals surface area contributed by atoms with E-state index < -0.39 is 0 Å². The third-order valence-corrected chi connectivity index (χ3v) is 5.68. The van der Waals surface area contributed by atoms with Crippen molar-refractivity contribution in [1.82, 2.24) is 0 Å². The Kier molecular flexibility index (Phi) is 5.66. The van der Waals surface area contributed by atoms with Gasteiger partial charge >= 0.3 is 5.97 Å². The van der Waals surface area contributed by atoms with Gasteiger partial charge in [-0.3, -0.25) is 0 Å². The lowest BCUT2D eigenvalue weighted by Crippen LogP contribution is -2.37. The van der Waals surface area contributed by atoms with Crippen molar-refractivity contribution in [3.63, 3.8) is 0 Å². The molecule has 0 aliphatic heterocycles. The van der Waals surface area contributed by atoms with Crippen LogP contribution in [0.15, 0.2) is 35.5 Å². The summed E-state index contributed by atoms with van der Waals surface area (Å²) in [6, 6.07) is 0. The molecule has 1 fully saturated rings. The van der Waals surface area contributed by atoms with Crippen molar-refractivity contribution in [2.24, 2.45) is 17.3 Å². The molecule has 2 aliphatic carbocycles. The first-order chi connectivity index (χ1) is 10.5. The molecule has 0 amide bonds.